The number of hydrogen-bond donors (Lipinski definition) is 3. The number of fused-ring (bicyclic) bond motifs is 1. The first kappa shape index (κ1) is 14.1. The van der Waals surface area contributed by atoms with Gasteiger partial charge in [-0.2, -0.15) is 0 Å². The van der Waals surface area contributed by atoms with E-state index in [4.69, 9.17) is 0 Å². The zero-order valence-corrected chi connectivity index (χ0v) is 12.4. The maximum atomic E-state index is 12.1. The highest BCUT2D eigenvalue weighted by molar-refractivity contribution is 5.94. The Balaban J connectivity index is 1.72. The van der Waals surface area contributed by atoms with Crippen LogP contribution in [-0.2, 0) is 11.2 Å². The van der Waals surface area contributed by atoms with Crippen LogP contribution in [0.4, 0.5) is 5.69 Å². The largest absolute Gasteiger partial charge is 0.342 e. The standard InChI is InChI=1S/C16H22N4O/c1-2-3-4-15-19-13-6-5-12(9-14(13)20-15)18-16(21)11-7-8-17-10-11/h5-6,9,11,17H,2-4,7-8,10H2,1H3,(H,18,21)(H,19,20). The van der Waals surface area contributed by atoms with Gasteiger partial charge in [-0.3, -0.25) is 4.79 Å². The summed E-state index contributed by atoms with van der Waals surface area (Å²) in [5.74, 6) is 1.21. The number of aryl methyl sites for hydroxylation is 1. The molecular weight excluding hydrogens is 264 g/mol. The Morgan fingerprint density at radius 2 is 2.38 bits per heavy atom. The van der Waals surface area contributed by atoms with Gasteiger partial charge in [0, 0.05) is 18.7 Å². The van der Waals surface area contributed by atoms with Gasteiger partial charge in [0.05, 0.1) is 17.0 Å². The second-order valence-electron chi connectivity index (χ2n) is 5.70. The Bertz CT molecular complexity index is 628. The highest BCUT2D eigenvalue weighted by atomic mass is 16.1. The van der Waals surface area contributed by atoms with Gasteiger partial charge >= 0.3 is 0 Å². The summed E-state index contributed by atoms with van der Waals surface area (Å²) in [4.78, 5) is 20.0. The molecular formula is C16H22N4O. The fraction of sp³-hybridized carbons (Fsp3) is 0.500. The van der Waals surface area contributed by atoms with Gasteiger partial charge in [-0.1, -0.05) is 13.3 Å². The predicted octanol–water partition coefficient (Wildman–Crippen LogP) is 2.45. The first-order valence-electron chi connectivity index (χ1n) is 7.76. The smallest absolute Gasteiger partial charge is 0.228 e. The lowest BCUT2D eigenvalue weighted by Gasteiger charge is -2.09. The van der Waals surface area contributed by atoms with Crippen molar-refractivity contribution < 1.29 is 4.79 Å². The molecule has 0 radical (unpaired) electrons. The summed E-state index contributed by atoms with van der Waals surface area (Å²) in [5, 5.41) is 6.22. The summed E-state index contributed by atoms with van der Waals surface area (Å²) in [5.41, 5.74) is 2.79. The molecule has 5 nitrogen and oxygen atoms in total. The van der Waals surface area contributed by atoms with Crippen molar-refractivity contribution in [2.24, 2.45) is 5.92 Å². The minimum atomic E-state index is 0.0857. The summed E-state index contributed by atoms with van der Waals surface area (Å²) in [6.07, 6.45) is 4.19. The van der Waals surface area contributed by atoms with Crippen LogP contribution in [0.15, 0.2) is 18.2 Å². The fourth-order valence-electron chi connectivity index (χ4n) is 2.73. The second kappa shape index (κ2) is 6.26. The van der Waals surface area contributed by atoms with Gasteiger partial charge in [0.2, 0.25) is 5.91 Å². The molecule has 3 N–H and O–H groups in total. The summed E-state index contributed by atoms with van der Waals surface area (Å²) in [7, 11) is 0. The molecule has 2 heterocycles. The van der Waals surface area contributed by atoms with E-state index in [2.05, 4.69) is 27.5 Å². The number of anilines is 1. The summed E-state index contributed by atoms with van der Waals surface area (Å²) < 4.78 is 0. The highest BCUT2D eigenvalue weighted by Crippen LogP contribution is 2.19. The second-order valence-corrected chi connectivity index (χ2v) is 5.70. The molecule has 0 bridgehead atoms. The molecule has 112 valence electrons. The third-order valence-electron chi connectivity index (χ3n) is 4.00. The molecule has 0 spiro atoms. The van der Waals surface area contributed by atoms with Crippen LogP contribution in [0.2, 0.25) is 0 Å². The number of benzene rings is 1. The van der Waals surface area contributed by atoms with Crippen LogP contribution in [0.25, 0.3) is 11.0 Å². The van der Waals surface area contributed by atoms with E-state index in [1.807, 2.05) is 18.2 Å². The first-order chi connectivity index (χ1) is 10.3. The van der Waals surface area contributed by atoms with Crippen LogP contribution >= 0.6 is 0 Å². The molecule has 2 aromatic rings. The molecule has 0 saturated carbocycles. The van der Waals surface area contributed by atoms with E-state index in [-0.39, 0.29) is 11.8 Å². The molecule has 3 rings (SSSR count). The van der Waals surface area contributed by atoms with Crippen LogP contribution in [-0.4, -0.2) is 29.0 Å². The average Bonchev–Trinajstić information content (AvgIpc) is 3.13. The number of carbonyl (C=O) groups excluding carboxylic acids is 1. The SMILES string of the molecule is CCCCc1nc2ccc(NC(=O)C3CCNC3)cc2[nH]1. The number of nitrogens with one attached hydrogen (secondary N) is 3. The number of unbranched alkanes of at least 4 members (excludes halogenated alkanes) is 1. The van der Waals surface area contributed by atoms with E-state index in [1.165, 1.54) is 0 Å². The van der Waals surface area contributed by atoms with E-state index >= 15 is 0 Å². The molecule has 1 atom stereocenters. The third-order valence-corrected chi connectivity index (χ3v) is 4.00. The fourth-order valence-corrected chi connectivity index (χ4v) is 2.73. The topological polar surface area (TPSA) is 69.8 Å². The predicted molar refractivity (Wildman–Crippen MR) is 84.3 cm³/mol. The van der Waals surface area contributed by atoms with Crippen molar-refractivity contribution in [3.05, 3.63) is 24.0 Å². The minimum absolute atomic E-state index is 0.0857. The van der Waals surface area contributed by atoms with Gasteiger partial charge in [-0.25, -0.2) is 4.98 Å². The number of H-pyrrole nitrogens is 1. The minimum Gasteiger partial charge on any atom is -0.342 e. The van der Waals surface area contributed by atoms with Crippen molar-refractivity contribution >= 4 is 22.6 Å². The number of carbonyl (C=O) groups is 1. The van der Waals surface area contributed by atoms with Gasteiger partial charge < -0.3 is 15.6 Å². The average molecular weight is 286 g/mol. The molecule has 1 aromatic carbocycles. The molecule has 1 unspecified atom stereocenters. The van der Waals surface area contributed by atoms with Crippen molar-refractivity contribution in [2.45, 2.75) is 32.6 Å². The molecule has 1 aromatic heterocycles. The Hall–Kier alpha value is -1.88. The monoisotopic (exact) mass is 286 g/mol. The molecule has 1 fully saturated rings. The highest BCUT2D eigenvalue weighted by Gasteiger charge is 2.22. The maximum Gasteiger partial charge on any atom is 0.228 e. The molecule has 5 heteroatoms. The van der Waals surface area contributed by atoms with Crippen LogP contribution < -0.4 is 10.6 Å². The lowest BCUT2D eigenvalue weighted by atomic mass is 10.1. The van der Waals surface area contributed by atoms with Gasteiger partial charge in [-0.15, -0.1) is 0 Å². The van der Waals surface area contributed by atoms with Crippen molar-refractivity contribution in [3.63, 3.8) is 0 Å². The first-order valence-corrected chi connectivity index (χ1v) is 7.76. The van der Waals surface area contributed by atoms with E-state index in [0.717, 1.165) is 61.3 Å². The van der Waals surface area contributed by atoms with E-state index < -0.39 is 0 Å². The third kappa shape index (κ3) is 3.24. The summed E-state index contributed by atoms with van der Waals surface area (Å²) >= 11 is 0. The van der Waals surface area contributed by atoms with E-state index in [0.29, 0.717) is 0 Å². The summed E-state index contributed by atoms with van der Waals surface area (Å²) in [6.45, 7) is 3.88. The molecule has 0 aliphatic carbocycles. The van der Waals surface area contributed by atoms with Gasteiger partial charge in [0.1, 0.15) is 5.82 Å². The number of hydrogen-bond acceptors (Lipinski definition) is 3. The number of nitrogens with zero attached hydrogens (tertiary/aromatic N) is 1. The number of aromatic nitrogens is 2. The zero-order chi connectivity index (χ0) is 14.7. The van der Waals surface area contributed by atoms with Gasteiger partial charge in [0.15, 0.2) is 0 Å². The van der Waals surface area contributed by atoms with Gasteiger partial charge in [-0.05, 0) is 37.6 Å². The number of aromatic amines is 1. The van der Waals surface area contributed by atoms with Crippen LogP contribution in [0.3, 0.4) is 0 Å². The van der Waals surface area contributed by atoms with Gasteiger partial charge in [0.25, 0.3) is 0 Å². The Kier molecular flexibility index (Phi) is 4.20. The Morgan fingerprint density at radius 3 is 3.14 bits per heavy atom. The van der Waals surface area contributed by atoms with Crippen molar-refractivity contribution in [2.75, 3.05) is 18.4 Å². The lowest BCUT2D eigenvalue weighted by Crippen LogP contribution is -2.24. The molecule has 1 aliphatic heterocycles. The maximum absolute atomic E-state index is 12.1. The zero-order valence-electron chi connectivity index (χ0n) is 12.4. The molecule has 1 amide bonds. The van der Waals surface area contributed by atoms with Crippen molar-refractivity contribution in [1.82, 2.24) is 15.3 Å². The van der Waals surface area contributed by atoms with Crippen molar-refractivity contribution in [1.29, 1.82) is 0 Å². The molecule has 1 aliphatic rings. The van der Waals surface area contributed by atoms with Crippen molar-refractivity contribution in [3.8, 4) is 0 Å². The van der Waals surface area contributed by atoms with Crippen LogP contribution in [0, 0.1) is 5.92 Å². The van der Waals surface area contributed by atoms with E-state index in [1.54, 1.807) is 0 Å². The lowest BCUT2D eigenvalue weighted by molar-refractivity contribution is -0.119. The Morgan fingerprint density at radius 1 is 1.48 bits per heavy atom. The summed E-state index contributed by atoms with van der Waals surface area (Å²) in [6, 6.07) is 5.86. The number of rotatable bonds is 5. The molecule has 21 heavy (non-hydrogen) atoms. The van der Waals surface area contributed by atoms with Crippen LogP contribution in [0.5, 0.6) is 0 Å². The molecule has 1 saturated heterocycles. The Labute approximate surface area is 124 Å². The van der Waals surface area contributed by atoms with E-state index in [9.17, 15) is 4.79 Å². The quantitative estimate of drug-likeness (QED) is 0.790. The van der Waals surface area contributed by atoms with Crippen LogP contribution in [0.1, 0.15) is 32.0 Å². The number of amides is 1. The normalized spacial score (nSPS) is 18.2. The number of imidazole rings is 1.